The van der Waals surface area contributed by atoms with Crippen LogP contribution in [-0.2, 0) is 13.1 Å². The average molecular weight is 360 g/mol. The molecule has 0 atom stereocenters. The van der Waals surface area contributed by atoms with Crippen LogP contribution in [0.1, 0.15) is 18.9 Å². The smallest absolute Gasteiger partial charge is 0.356 e. The van der Waals surface area contributed by atoms with Gasteiger partial charge in [0.2, 0.25) is 0 Å². The number of hydrogen-bond acceptors (Lipinski definition) is 2. The van der Waals surface area contributed by atoms with Gasteiger partial charge in [-0.15, -0.1) is 5.75 Å². The third kappa shape index (κ3) is 2.95. The molecule has 0 unspecified atom stereocenters. The highest BCUT2D eigenvalue weighted by atomic mass is 79.9. The zero-order valence-corrected chi connectivity index (χ0v) is 14.0. The SMILES string of the molecule is CCC[n+]1c(NCc2cc(Br)ccc2[O-])[nH]c2ccccc21. The van der Waals surface area contributed by atoms with Crippen molar-refractivity contribution < 1.29 is 9.67 Å². The Labute approximate surface area is 137 Å². The van der Waals surface area contributed by atoms with Crippen LogP contribution in [0.5, 0.6) is 5.75 Å². The molecule has 0 bridgehead atoms. The molecule has 114 valence electrons. The van der Waals surface area contributed by atoms with Gasteiger partial charge < -0.3 is 5.11 Å². The summed E-state index contributed by atoms with van der Waals surface area (Å²) < 4.78 is 3.14. The number of aromatic nitrogens is 2. The Morgan fingerprint density at radius 3 is 2.86 bits per heavy atom. The molecule has 4 nitrogen and oxygen atoms in total. The fourth-order valence-corrected chi connectivity index (χ4v) is 3.00. The normalized spacial score (nSPS) is 11.0. The average Bonchev–Trinajstić information content (AvgIpc) is 2.87. The summed E-state index contributed by atoms with van der Waals surface area (Å²) in [6, 6.07) is 13.4. The minimum atomic E-state index is 0.0499. The summed E-state index contributed by atoms with van der Waals surface area (Å²) in [5, 5.41) is 15.3. The second kappa shape index (κ2) is 6.40. The Kier molecular flexibility index (Phi) is 4.34. The number of rotatable bonds is 5. The molecule has 3 aromatic rings. The predicted octanol–water partition coefficient (Wildman–Crippen LogP) is 3.31. The van der Waals surface area contributed by atoms with Gasteiger partial charge in [0.25, 0.3) is 0 Å². The Morgan fingerprint density at radius 2 is 2.05 bits per heavy atom. The summed E-state index contributed by atoms with van der Waals surface area (Å²) in [7, 11) is 0. The molecule has 0 amide bonds. The van der Waals surface area contributed by atoms with Crippen molar-refractivity contribution in [1.29, 1.82) is 0 Å². The van der Waals surface area contributed by atoms with E-state index in [0.29, 0.717) is 6.54 Å². The number of halogens is 1. The molecule has 1 heterocycles. The van der Waals surface area contributed by atoms with Crippen LogP contribution in [0.25, 0.3) is 11.0 Å². The van der Waals surface area contributed by atoms with Crippen LogP contribution in [0.2, 0.25) is 0 Å². The third-order valence-electron chi connectivity index (χ3n) is 3.63. The molecule has 0 aliphatic rings. The molecule has 0 spiro atoms. The maximum Gasteiger partial charge on any atom is 0.356 e. The number of aryl methyl sites for hydroxylation is 1. The quantitative estimate of drug-likeness (QED) is 0.686. The van der Waals surface area contributed by atoms with Crippen molar-refractivity contribution in [3.63, 3.8) is 0 Å². The van der Waals surface area contributed by atoms with Gasteiger partial charge in [-0.1, -0.05) is 41.1 Å². The molecular weight excluding hydrogens is 342 g/mol. The van der Waals surface area contributed by atoms with Crippen molar-refractivity contribution in [1.82, 2.24) is 4.98 Å². The molecule has 5 heteroatoms. The van der Waals surface area contributed by atoms with Crippen LogP contribution >= 0.6 is 15.9 Å². The van der Waals surface area contributed by atoms with Crippen LogP contribution in [0.4, 0.5) is 5.95 Å². The van der Waals surface area contributed by atoms with E-state index in [2.05, 4.69) is 49.9 Å². The van der Waals surface area contributed by atoms with Gasteiger partial charge in [-0.25, -0.2) is 9.55 Å². The van der Waals surface area contributed by atoms with Crippen molar-refractivity contribution >= 4 is 32.9 Å². The fourth-order valence-electron chi connectivity index (χ4n) is 2.59. The summed E-state index contributed by atoms with van der Waals surface area (Å²) in [5.74, 6) is 0.983. The number of H-pyrrole nitrogens is 1. The first-order valence-corrected chi connectivity index (χ1v) is 8.18. The molecule has 0 aliphatic heterocycles. The largest absolute Gasteiger partial charge is 0.872 e. The highest BCUT2D eigenvalue weighted by Gasteiger charge is 2.15. The lowest BCUT2D eigenvalue weighted by Crippen LogP contribution is -2.35. The molecule has 0 saturated heterocycles. The van der Waals surface area contributed by atoms with E-state index in [0.717, 1.165) is 34.5 Å². The molecule has 1 aromatic heterocycles. The molecular formula is C17H18BrN3O. The van der Waals surface area contributed by atoms with Gasteiger partial charge in [0.1, 0.15) is 11.0 Å². The van der Waals surface area contributed by atoms with Crippen molar-refractivity contribution in [2.75, 3.05) is 5.32 Å². The third-order valence-corrected chi connectivity index (χ3v) is 4.13. The molecule has 0 fully saturated rings. The Bertz CT molecular complexity index is 798. The lowest BCUT2D eigenvalue weighted by Gasteiger charge is -2.12. The monoisotopic (exact) mass is 359 g/mol. The fraction of sp³-hybridized carbons (Fsp3) is 0.235. The van der Waals surface area contributed by atoms with Crippen molar-refractivity contribution in [3.8, 4) is 5.75 Å². The number of anilines is 1. The van der Waals surface area contributed by atoms with E-state index in [1.807, 2.05) is 18.2 Å². The molecule has 22 heavy (non-hydrogen) atoms. The maximum absolute atomic E-state index is 11.9. The van der Waals surface area contributed by atoms with Gasteiger partial charge in [0.15, 0.2) is 0 Å². The van der Waals surface area contributed by atoms with Crippen molar-refractivity contribution in [3.05, 3.63) is 52.5 Å². The number of nitrogens with one attached hydrogen (secondary N) is 2. The molecule has 0 radical (unpaired) electrons. The maximum atomic E-state index is 11.9. The van der Waals surface area contributed by atoms with Crippen LogP contribution < -0.4 is 15.0 Å². The van der Waals surface area contributed by atoms with Crippen LogP contribution in [0, 0.1) is 0 Å². The summed E-state index contributed by atoms with van der Waals surface area (Å²) in [6.45, 7) is 3.58. The first kappa shape index (κ1) is 14.9. The van der Waals surface area contributed by atoms with E-state index in [-0.39, 0.29) is 5.75 Å². The van der Waals surface area contributed by atoms with Gasteiger partial charge in [-0.05, 0) is 36.2 Å². The van der Waals surface area contributed by atoms with Gasteiger partial charge in [-0.3, -0.25) is 5.32 Å². The minimum absolute atomic E-state index is 0.0499. The van der Waals surface area contributed by atoms with Crippen molar-refractivity contribution in [2.45, 2.75) is 26.4 Å². The number of imidazole rings is 1. The first-order valence-electron chi connectivity index (χ1n) is 7.39. The van der Waals surface area contributed by atoms with E-state index in [1.165, 1.54) is 5.52 Å². The highest BCUT2D eigenvalue weighted by Crippen LogP contribution is 2.21. The van der Waals surface area contributed by atoms with Gasteiger partial charge in [-0.2, -0.15) is 0 Å². The van der Waals surface area contributed by atoms with Gasteiger partial charge >= 0.3 is 5.95 Å². The first-order chi connectivity index (χ1) is 10.7. The van der Waals surface area contributed by atoms with Crippen LogP contribution in [-0.4, -0.2) is 4.98 Å². The number of hydrogen-bond donors (Lipinski definition) is 2. The molecule has 3 rings (SSSR count). The van der Waals surface area contributed by atoms with Crippen LogP contribution in [0.15, 0.2) is 46.9 Å². The second-order valence-electron chi connectivity index (χ2n) is 5.25. The van der Waals surface area contributed by atoms with E-state index < -0.39 is 0 Å². The van der Waals surface area contributed by atoms with E-state index >= 15 is 0 Å². The van der Waals surface area contributed by atoms with E-state index in [9.17, 15) is 5.11 Å². The summed E-state index contributed by atoms with van der Waals surface area (Å²) in [5.41, 5.74) is 3.01. The van der Waals surface area contributed by atoms with E-state index in [1.54, 1.807) is 12.1 Å². The summed E-state index contributed by atoms with van der Waals surface area (Å²) in [6.07, 6.45) is 1.05. The lowest BCUT2D eigenvalue weighted by molar-refractivity contribution is -0.657. The van der Waals surface area contributed by atoms with Crippen LogP contribution in [0.3, 0.4) is 0 Å². The molecule has 0 saturated carbocycles. The second-order valence-corrected chi connectivity index (χ2v) is 6.16. The minimum Gasteiger partial charge on any atom is -0.872 e. The Balaban J connectivity index is 1.90. The zero-order chi connectivity index (χ0) is 15.5. The zero-order valence-electron chi connectivity index (χ0n) is 12.4. The van der Waals surface area contributed by atoms with Gasteiger partial charge in [0, 0.05) is 4.47 Å². The topological polar surface area (TPSA) is 54.8 Å². The highest BCUT2D eigenvalue weighted by molar-refractivity contribution is 9.10. The standard InChI is InChI=1S/C17H18BrN3O/c1-2-9-21-15-6-4-3-5-14(15)20-17(21)19-11-12-10-13(18)7-8-16(12)22/h3-8,10H,2,9,11H2,1H3,(H2,19,20,22). The number of fused-ring (bicyclic) bond motifs is 1. The number of nitrogens with zero attached hydrogens (tertiary/aromatic N) is 1. The van der Waals surface area contributed by atoms with Gasteiger partial charge in [0.05, 0.1) is 13.1 Å². The summed E-state index contributed by atoms with van der Waals surface area (Å²) >= 11 is 3.41. The number of para-hydroxylation sites is 2. The molecule has 2 aromatic carbocycles. The number of benzene rings is 2. The van der Waals surface area contributed by atoms with Crippen molar-refractivity contribution in [2.24, 2.45) is 0 Å². The summed E-state index contributed by atoms with van der Waals surface area (Å²) in [4.78, 5) is 3.39. The Hall–Kier alpha value is -2.01. The predicted molar refractivity (Wildman–Crippen MR) is 89.7 cm³/mol. The number of aromatic amines is 1. The molecule has 0 aliphatic carbocycles. The Morgan fingerprint density at radius 1 is 1.23 bits per heavy atom. The van der Waals surface area contributed by atoms with E-state index in [4.69, 9.17) is 0 Å². The lowest BCUT2D eigenvalue weighted by atomic mass is 10.2. The molecule has 2 N–H and O–H groups in total.